The molecule has 3 N–H and O–H groups in total. The van der Waals surface area contributed by atoms with E-state index in [-0.39, 0.29) is 12.6 Å². The number of hydrogen-bond donors (Lipinski definition) is 2. The average Bonchev–Trinajstić information content (AvgIpc) is 2.55. The predicted molar refractivity (Wildman–Crippen MR) is 72.7 cm³/mol. The number of nitrogens with two attached hydrogens (primary N) is 1. The summed E-state index contributed by atoms with van der Waals surface area (Å²) in [6, 6.07) is 4.71. The number of halogens is 2. The monoisotopic (exact) mass is 304 g/mol. The molecule has 0 saturated carbocycles. The smallest absolute Gasteiger partial charge is 0.407 e. The van der Waals surface area contributed by atoms with Crippen molar-refractivity contribution in [1.29, 1.82) is 0 Å². The number of carbonyl (C=O) groups is 1. The Morgan fingerprint density at radius 3 is 2.79 bits per heavy atom. The summed E-state index contributed by atoms with van der Waals surface area (Å²) >= 11 is 11.8. The van der Waals surface area contributed by atoms with E-state index < -0.39 is 12.1 Å². The van der Waals surface area contributed by atoms with Crippen molar-refractivity contribution in [3.63, 3.8) is 0 Å². The van der Waals surface area contributed by atoms with E-state index in [1.807, 2.05) is 0 Å². The molecule has 1 saturated heterocycles. The van der Waals surface area contributed by atoms with Crippen molar-refractivity contribution in [3.05, 3.63) is 33.8 Å². The first-order valence-electron chi connectivity index (χ1n) is 5.79. The Hall–Kier alpha value is -1.01. The lowest BCUT2D eigenvalue weighted by Crippen LogP contribution is -2.41. The number of carboxylic acid groups (broad SMARTS) is 1. The highest BCUT2D eigenvalue weighted by molar-refractivity contribution is 6.42. The molecule has 0 unspecified atom stereocenters. The van der Waals surface area contributed by atoms with E-state index in [1.165, 1.54) is 4.90 Å². The first-order valence-corrected chi connectivity index (χ1v) is 6.54. The van der Waals surface area contributed by atoms with Gasteiger partial charge in [-0.1, -0.05) is 29.3 Å². The minimum atomic E-state index is -0.992. The first kappa shape index (κ1) is 14.4. The Balaban J connectivity index is 2.19. The zero-order valence-corrected chi connectivity index (χ0v) is 11.6. The molecule has 7 heteroatoms. The van der Waals surface area contributed by atoms with Gasteiger partial charge in [0.15, 0.2) is 0 Å². The van der Waals surface area contributed by atoms with Crippen molar-refractivity contribution in [3.8, 4) is 0 Å². The molecule has 104 valence electrons. The fourth-order valence-corrected chi connectivity index (χ4v) is 2.37. The van der Waals surface area contributed by atoms with Crippen LogP contribution in [0, 0.1) is 0 Å². The van der Waals surface area contributed by atoms with E-state index >= 15 is 0 Å². The van der Waals surface area contributed by atoms with Crippen molar-refractivity contribution in [2.75, 3.05) is 19.7 Å². The number of nitrogens with zero attached hydrogens (tertiary/aromatic N) is 1. The molecule has 1 fully saturated rings. The van der Waals surface area contributed by atoms with Crippen molar-refractivity contribution < 1.29 is 14.6 Å². The van der Waals surface area contributed by atoms with Crippen molar-refractivity contribution in [2.45, 2.75) is 12.1 Å². The highest BCUT2D eigenvalue weighted by atomic mass is 35.5. The van der Waals surface area contributed by atoms with Crippen LogP contribution in [0.4, 0.5) is 4.79 Å². The highest BCUT2D eigenvalue weighted by Gasteiger charge is 2.28. The maximum atomic E-state index is 11.0. The van der Waals surface area contributed by atoms with Crippen LogP contribution >= 0.6 is 23.2 Å². The van der Waals surface area contributed by atoms with Crippen LogP contribution in [0.5, 0.6) is 0 Å². The third kappa shape index (κ3) is 3.30. The Kier molecular flexibility index (Phi) is 4.52. The van der Waals surface area contributed by atoms with Crippen LogP contribution in [-0.4, -0.2) is 41.8 Å². The number of amides is 1. The molecule has 1 amide bonds. The van der Waals surface area contributed by atoms with Crippen LogP contribution in [0.25, 0.3) is 0 Å². The second-order valence-corrected chi connectivity index (χ2v) is 5.17. The normalized spacial score (nSPS) is 24.1. The van der Waals surface area contributed by atoms with Crippen LogP contribution in [0.2, 0.25) is 10.0 Å². The number of ether oxygens (including phenoxy) is 1. The zero-order chi connectivity index (χ0) is 14.0. The molecule has 1 aliphatic heterocycles. The van der Waals surface area contributed by atoms with Gasteiger partial charge >= 0.3 is 6.09 Å². The van der Waals surface area contributed by atoms with E-state index in [4.69, 9.17) is 38.8 Å². The van der Waals surface area contributed by atoms with Crippen molar-refractivity contribution in [2.24, 2.45) is 5.73 Å². The van der Waals surface area contributed by atoms with Crippen LogP contribution in [-0.2, 0) is 4.74 Å². The van der Waals surface area contributed by atoms with Crippen LogP contribution in [0.3, 0.4) is 0 Å². The van der Waals surface area contributed by atoms with Crippen molar-refractivity contribution >= 4 is 29.3 Å². The Morgan fingerprint density at radius 2 is 2.16 bits per heavy atom. The molecule has 0 radical (unpaired) electrons. The van der Waals surface area contributed by atoms with Gasteiger partial charge in [-0.15, -0.1) is 0 Å². The topological polar surface area (TPSA) is 75.8 Å². The SMILES string of the molecule is N[C@@H]1CN(C(=O)O)CCO[C@@H]1c1ccc(Cl)c(Cl)c1. The molecule has 5 nitrogen and oxygen atoms in total. The summed E-state index contributed by atoms with van der Waals surface area (Å²) in [7, 11) is 0. The van der Waals surface area contributed by atoms with Gasteiger partial charge in [-0.05, 0) is 17.7 Å². The highest BCUT2D eigenvalue weighted by Crippen LogP contribution is 2.29. The van der Waals surface area contributed by atoms with E-state index in [2.05, 4.69) is 0 Å². The van der Waals surface area contributed by atoms with Gasteiger partial charge in [-0.3, -0.25) is 0 Å². The predicted octanol–water partition coefficient (Wildman–Crippen LogP) is 2.37. The third-order valence-electron chi connectivity index (χ3n) is 3.02. The lowest BCUT2D eigenvalue weighted by atomic mass is 10.0. The van der Waals surface area contributed by atoms with Crippen LogP contribution < -0.4 is 5.73 Å². The molecule has 1 heterocycles. The molecule has 2 atom stereocenters. The summed E-state index contributed by atoms with van der Waals surface area (Å²) < 4.78 is 5.64. The molecule has 1 aromatic rings. The van der Waals surface area contributed by atoms with Gasteiger partial charge in [0.1, 0.15) is 0 Å². The largest absolute Gasteiger partial charge is 0.465 e. The fourth-order valence-electron chi connectivity index (χ4n) is 2.06. The molecular weight excluding hydrogens is 291 g/mol. The Labute approximate surface area is 120 Å². The molecule has 2 rings (SSSR count). The summed E-state index contributed by atoms with van der Waals surface area (Å²) in [6.07, 6.45) is -1.38. The summed E-state index contributed by atoms with van der Waals surface area (Å²) in [4.78, 5) is 12.2. The van der Waals surface area contributed by atoms with Crippen molar-refractivity contribution in [1.82, 2.24) is 4.90 Å². The summed E-state index contributed by atoms with van der Waals surface area (Å²) in [5, 5.41) is 9.88. The second-order valence-electron chi connectivity index (χ2n) is 4.36. The quantitative estimate of drug-likeness (QED) is 0.835. The van der Waals surface area contributed by atoms with Gasteiger partial charge in [0, 0.05) is 13.1 Å². The van der Waals surface area contributed by atoms with E-state index in [1.54, 1.807) is 18.2 Å². The molecule has 0 bridgehead atoms. The molecular formula is C12H14Cl2N2O3. The van der Waals surface area contributed by atoms with Gasteiger partial charge in [0.2, 0.25) is 0 Å². The lowest BCUT2D eigenvalue weighted by molar-refractivity contribution is 0.0517. The number of hydrogen-bond acceptors (Lipinski definition) is 3. The summed E-state index contributed by atoms with van der Waals surface area (Å²) in [6.45, 7) is 0.825. The molecule has 19 heavy (non-hydrogen) atoms. The minimum Gasteiger partial charge on any atom is -0.465 e. The van der Waals surface area contributed by atoms with Crippen LogP contribution in [0.15, 0.2) is 18.2 Å². The maximum Gasteiger partial charge on any atom is 0.407 e. The minimum absolute atomic E-state index is 0.222. The molecule has 1 aromatic carbocycles. The van der Waals surface area contributed by atoms with Crippen LogP contribution in [0.1, 0.15) is 11.7 Å². The molecule has 0 spiro atoms. The lowest BCUT2D eigenvalue weighted by Gasteiger charge is -2.23. The summed E-state index contributed by atoms with van der Waals surface area (Å²) in [5.74, 6) is 0. The van der Waals surface area contributed by atoms with E-state index in [9.17, 15) is 4.79 Å². The first-order chi connectivity index (χ1) is 8.99. The zero-order valence-electron chi connectivity index (χ0n) is 10.1. The van der Waals surface area contributed by atoms with E-state index in [0.717, 1.165) is 5.56 Å². The maximum absolute atomic E-state index is 11.0. The van der Waals surface area contributed by atoms with Gasteiger partial charge < -0.3 is 20.5 Å². The molecule has 0 aromatic heterocycles. The van der Waals surface area contributed by atoms with Gasteiger partial charge in [-0.25, -0.2) is 4.79 Å². The van der Waals surface area contributed by atoms with E-state index in [0.29, 0.717) is 23.2 Å². The summed E-state index contributed by atoms with van der Waals surface area (Å²) in [5.41, 5.74) is 6.82. The number of rotatable bonds is 1. The Morgan fingerprint density at radius 1 is 1.42 bits per heavy atom. The van der Waals surface area contributed by atoms with Gasteiger partial charge in [-0.2, -0.15) is 0 Å². The molecule has 1 aliphatic rings. The fraction of sp³-hybridized carbons (Fsp3) is 0.417. The number of benzene rings is 1. The van der Waals surface area contributed by atoms with Gasteiger partial charge in [0.05, 0.1) is 28.8 Å². The third-order valence-corrected chi connectivity index (χ3v) is 3.76. The second kappa shape index (κ2) is 5.96. The van der Waals surface area contributed by atoms with Gasteiger partial charge in [0.25, 0.3) is 0 Å². The standard InChI is InChI=1S/C12H14Cl2N2O3/c13-8-2-1-7(5-9(8)14)11-10(15)6-16(12(17)18)3-4-19-11/h1-2,5,10-11H,3-4,6,15H2,(H,17,18)/t10-,11-/m1/s1. The Bertz CT molecular complexity index is 484. The molecule has 0 aliphatic carbocycles. The average molecular weight is 305 g/mol.